The Hall–Kier alpha value is -2.28. The molecule has 11 heteroatoms. The Bertz CT molecular complexity index is 822. The molecule has 0 aliphatic carbocycles. The molecule has 2 rings (SSSR count). The van der Waals surface area contributed by atoms with Gasteiger partial charge in [0.2, 0.25) is 5.88 Å². The Labute approximate surface area is 196 Å². The molecule has 31 heavy (non-hydrogen) atoms. The van der Waals surface area contributed by atoms with E-state index < -0.39 is 17.6 Å². The van der Waals surface area contributed by atoms with Crippen LogP contribution in [0.2, 0.25) is 0 Å². The number of nitrogens with one attached hydrogen (secondary N) is 2. The number of hydrogen-bond acceptors (Lipinski definition) is 5. The molecule has 2 N–H and O–H groups in total. The van der Waals surface area contributed by atoms with Gasteiger partial charge in [-0.1, -0.05) is 6.07 Å². The molecule has 0 aliphatic rings. The highest BCUT2D eigenvalue weighted by Crippen LogP contribution is 2.34. The number of halogens is 4. The van der Waals surface area contributed by atoms with E-state index in [1.165, 1.54) is 12.3 Å². The first-order valence-corrected chi connectivity index (χ1v) is 9.28. The number of hydrogen-bond donors (Lipinski definition) is 2. The fourth-order valence-corrected chi connectivity index (χ4v) is 2.41. The maximum absolute atomic E-state index is 13.0. The summed E-state index contributed by atoms with van der Waals surface area (Å²) in [5, 5.41) is 6.06. The lowest BCUT2D eigenvalue weighted by Crippen LogP contribution is -2.34. The summed E-state index contributed by atoms with van der Waals surface area (Å²) < 4.78 is 54.7. The largest absolute Gasteiger partial charge is 0.493 e. The van der Waals surface area contributed by atoms with Crippen LogP contribution in [0.1, 0.15) is 12.0 Å². The minimum atomic E-state index is -4.52. The Balaban J connectivity index is 0.00000480. The van der Waals surface area contributed by atoms with E-state index in [9.17, 15) is 13.2 Å². The summed E-state index contributed by atoms with van der Waals surface area (Å²) in [7, 11) is 3.22. The lowest BCUT2D eigenvalue weighted by molar-refractivity contribution is -0.139. The van der Waals surface area contributed by atoms with E-state index in [0.717, 1.165) is 18.2 Å². The molecule has 2 aromatic rings. The van der Waals surface area contributed by atoms with E-state index in [1.54, 1.807) is 14.2 Å². The lowest BCUT2D eigenvalue weighted by atomic mass is 10.2. The van der Waals surface area contributed by atoms with Crippen molar-refractivity contribution in [2.75, 3.05) is 45.8 Å². The number of pyridine rings is 1. The molecule has 7 nitrogen and oxygen atoms in total. The van der Waals surface area contributed by atoms with Gasteiger partial charge in [-0.25, -0.2) is 4.98 Å². The molecule has 0 saturated heterocycles. The minimum Gasteiger partial charge on any atom is -0.493 e. The highest BCUT2D eigenvalue weighted by atomic mass is 127. The Morgan fingerprint density at radius 3 is 2.61 bits per heavy atom. The van der Waals surface area contributed by atoms with Crippen molar-refractivity contribution in [1.82, 2.24) is 10.3 Å². The van der Waals surface area contributed by atoms with Crippen molar-refractivity contribution in [2.45, 2.75) is 12.6 Å². The van der Waals surface area contributed by atoms with Gasteiger partial charge in [0.1, 0.15) is 17.9 Å². The molecule has 0 atom stereocenters. The van der Waals surface area contributed by atoms with Crippen LogP contribution in [0, 0.1) is 0 Å². The topological polar surface area (TPSA) is 77.0 Å². The van der Waals surface area contributed by atoms with Gasteiger partial charge in [-0.05, 0) is 24.3 Å². The Morgan fingerprint density at radius 2 is 1.90 bits per heavy atom. The van der Waals surface area contributed by atoms with Crippen LogP contribution < -0.4 is 20.1 Å². The third-order valence-electron chi connectivity index (χ3n) is 3.79. The first kappa shape index (κ1) is 26.8. The number of benzene rings is 1. The smallest absolute Gasteiger partial charge is 0.421 e. The number of rotatable bonds is 10. The molecule has 1 aromatic carbocycles. The van der Waals surface area contributed by atoms with Crippen molar-refractivity contribution in [1.29, 1.82) is 0 Å². The van der Waals surface area contributed by atoms with Crippen molar-refractivity contribution >= 4 is 35.6 Å². The molecule has 1 heterocycles. The number of guanidine groups is 1. The maximum atomic E-state index is 13.0. The van der Waals surface area contributed by atoms with E-state index in [4.69, 9.17) is 14.2 Å². The average molecular weight is 554 g/mol. The standard InChI is InChI=1S/C20H25F3N4O3.HI/c1-24-19(27-15-6-3-7-16(14-15)29-12-5-11-28-2)26-10-13-30-18-17(20(21,22)23)8-4-9-25-18;/h3-4,6-9,14H,5,10-13H2,1-2H3,(H2,24,26,27);1H. The highest BCUT2D eigenvalue weighted by Gasteiger charge is 2.34. The summed E-state index contributed by atoms with van der Waals surface area (Å²) in [5.41, 5.74) is -0.160. The number of anilines is 1. The molecular formula is C20H26F3IN4O3. The summed E-state index contributed by atoms with van der Waals surface area (Å²) in [5.74, 6) is 0.685. The van der Waals surface area contributed by atoms with Gasteiger partial charge in [-0.15, -0.1) is 24.0 Å². The summed E-state index contributed by atoms with van der Waals surface area (Å²) >= 11 is 0. The number of ether oxygens (including phenoxy) is 3. The maximum Gasteiger partial charge on any atom is 0.421 e. The van der Waals surface area contributed by atoms with Crippen LogP contribution in [0.5, 0.6) is 11.6 Å². The van der Waals surface area contributed by atoms with Crippen LogP contribution in [-0.2, 0) is 10.9 Å². The third-order valence-corrected chi connectivity index (χ3v) is 3.79. The molecular weight excluding hydrogens is 528 g/mol. The fraction of sp³-hybridized carbons (Fsp3) is 0.400. The molecule has 0 bridgehead atoms. The number of methoxy groups -OCH3 is 1. The SMILES string of the molecule is CN=C(NCCOc1ncccc1C(F)(F)F)Nc1cccc(OCCCOC)c1.I. The molecule has 0 amide bonds. The van der Waals surface area contributed by atoms with Crippen LogP contribution in [0.15, 0.2) is 47.6 Å². The van der Waals surface area contributed by atoms with E-state index in [2.05, 4.69) is 20.6 Å². The van der Waals surface area contributed by atoms with Crippen LogP contribution in [0.4, 0.5) is 18.9 Å². The monoisotopic (exact) mass is 554 g/mol. The van der Waals surface area contributed by atoms with E-state index >= 15 is 0 Å². The highest BCUT2D eigenvalue weighted by molar-refractivity contribution is 14.0. The van der Waals surface area contributed by atoms with Gasteiger partial charge in [0, 0.05) is 45.1 Å². The van der Waals surface area contributed by atoms with Gasteiger partial charge in [0.05, 0.1) is 13.2 Å². The molecule has 0 saturated carbocycles. The average Bonchev–Trinajstić information content (AvgIpc) is 2.73. The zero-order chi connectivity index (χ0) is 21.8. The van der Waals surface area contributed by atoms with Crippen molar-refractivity contribution < 1.29 is 27.4 Å². The molecule has 0 unspecified atom stereocenters. The van der Waals surface area contributed by atoms with Gasteiger partial charge in [-0.2, -0.15) is 13.2 Å². The second-order valence-corrected chi connectivity index (χ2v) is 6.05. The summed E-state index contributed by atoms with van der Waals surface area (Å²) in [6.07, 6.45) is -2.49. The van der Waals surface area contributed by atoms with Crippen molar-refractivity contribution in [3.05, 3.63) is 48.2 Å². The second-order valence-electron chi connectivity index (χ2n) is 6.05. The zero-order valence-corrected chi connectivity index (χ0v) is 19.6. The molecule has 0 spiro atoms. The number of alkyl halides is 3. The van der Waals surface area contributed by atoms with Gasteiger partial charge < -0.3 is 24.8 Å². The minimum absolute atomic E-state index is 0. The summed E-state index contributed by atoms with van der Waals surface area (Å²) in [6, 6.07) is 9.49. The Morgan fingerprint density at radius 1 is 1.10 bits per heavy atom. The molecule has 0 fully saturated rings. The predicted molar refractivity (Wildman–Crippen MR) is 124 cm³/mol. The first-order valence-electron chi connectivity index (χ1n) is 9.28. The number of aromatic nitrogens is 1. The fourth-order valence-electron chi connectivity index (χ4n) is 2.41. The lowest BCUT2D eigenvalue weighted by Gasteiger charge is -2.15. The first-order chi connectivity index (χ1) is 14.4. The van der Waals surface area contributed by atoms with Crippen molar-refractivity contribution in [2.24, 2.45) is 4.99 Å². The normalized spacial score (nSPS) is 11.5. The summed E-state index contributed by atoms with van der Waals surface area (Å²) in [4.78, 5) is 7.74. The number of aliphatic imine (C=N–C) groups is 1. The molecule has 0 radical (unpaired) electrons. The quantitative estimate of drug-likeness (QED) is 0.199. The van der Waals surface area contributed by atoms with Crippen molar-refractivity contribution in [3.63, 3.8) is 0 Å². The van der Waals surface area contributed by atoms with Crippen LogP contribution in [0.25, 0.3) is 0 Å². The van der Waals surface area contributed by atoms with Gasteiger partial charge in [-0.3, -0.25) is 4.99 Å². The summed E-state index contributed by atoms with van der Waals surface area (Å²) in [6.45, 7) is 1.36. The number of nitrogens with zero attached hydrogens (tertiary/aromatic N) is 2. The van der Waals surface area contributed by atoms with E-state index in [0.29, 0.717) is 24.9 Å². The Kier molecular flexibility index (Phi) is 12.0. The van der Waals surface area contributed by atoms with Crippen LogP contribution in [0.3, 0.4) is 0 Å². The van der Waals surface area contributed by atoms with Crippen molar-refractivity contribution in [3.8, 4) is 11.6 Å². The van der Waals surface area contributed by atoms with E-state index in [1.807, 2.05) is 24.3 Å². The molecule has 1 aromatic heterocycles. The van der Waals surface area contributed by atoms with Gasteiger partial charge in [0.15, 0.2) is 5.96 Å². The van der Waals surface area contributed by atoms with Crippen LogP contribution in [-0.4, -0.2) is 51.5 Å². The molecule has 172 valence electrons. The van der Waals surface area contributed by atoms with Gasteiger partial charge >= 0.3 is 6.18 Å². The second kappa shape index (κ2) is 13.9. The van der Waals surface area contributed by atoms with Gasteiger partial charge in [0.25, 0.3) is 0 Å². The third kappa shape index (κ3) is 9.59. The zero-order valence-electron chi connectivity index (χ0n) is 17.2. The predicted octanol–water partition coefficient (Wildman–Crippen LogP) is 4.20. The van der Waals surface area contributed by atoms with Crippen LogP contribution >= 0.6 is 24.0 Å². The van der Waals surface area contributed by atoms with E-state index in [-0.39, 0.29) is 37.1 Å². The molecule has 0 aliphatic heterocycles.